The van der Waals surface area contributed by atoms with Gasteiger partial charge in [0.2, 0.25) is 0 Å². The molecule has 10 rings (SSSR count). The molecule has 0 saturated heterocycles. The van der Waals surface area contributed by atoms with E-state index in [-0.39, 0.29) is 0 Å². The van der Waals surface area contributed by atoms with E-state index in [1.807, 2.05) is 22.7 Å². The SMILES string of the molecule is Cc1cc2ccc3cccc4c5c(-c6ccccc6)c6cc7sc8ccccc8sc7cc6c(-c6ccccc6)c5c(c1)c2c34. The summed E-state index contributed by atoms with van der Waals surface area (Å²) in [5, 5.41) is 13.3. The molecule has 1 heterocycles. The molecule has 0 fully saturated rings. The molecule has 0 amide bonds. The van der Waals surface area contributed by atoms with Gasteiger partial charge in [0.1, 0.15) is 0 Å². The minimum absolute atomic E-state index is 1.26. The zero-order chi connectivity index (χ0) is 29.6. The van der Waals surface area contributed by atoms with Crippen LogP contribution in [0.25, 0.3) is 94.9 Å². The molecular weight excluding hydrogens is 581 g/mol. The van der Waals surface area contributed by atoms with Gasteiger partial charge >= 0.3 is 0 Å². The maximum Gasteiger partial charge on any atom is 0.0455 e. The average molecular weight is 607 g/mol. The van der Waals surface area contributed by atoms with Gasteiger partial charge in [-0.15, -0.1) is 22.7 Å². The summed E-state index contributed by atoms with van der Waals surface area (Å²) in [6, 6.07) is 52.2. The predicted molar refractivity (Wildman–Crippen MR) is 200 cm³/mol. The molecular formula is C43H26S2. The molecule has 0 N–H and O–H groups in total. The highest BCUT2D eigenvalue weighted by atomic mass is 32.1. The van der Waals surface area contributed by atoms with Crippen molar-refractivity contribution in [1.29, 1.82) is 0 Å². The molecule has 1 aromatic heterocycles. The fourth-order valence-corrected chi connectivity index (χ4v) is 9.93. The van der Waals surface area contributed by atoms with Crippen LogP contribution in [-0.4, -0.2) is 0 Å². The van der Waals surface area contributed by atoms with Crippen LogP contribution in [0.15, 0.2) is 140 Å². The maximum absolute atomic E-state index is 2.49. The number of hydrogen-bond donors (Lipinski definition) is 0. The zero-order valence-electron chi connectivity index (χ0n) is 24.6. The highest BCUT2D eigenvalue weighted by Gasteiger charge is 2.24. The van der Waals surface area contributed by atoms with Crippen molar-refractivity contribution in [2.75, 3.05) is 0 Å². The number of hydrogen-bond acceptors (Lipinski definition) is 2. The van der Waals surface area contributed by atoms with Crippen LogP contribution in [0.3, 0.4) is 0 Å². The molecule has 0 aliphatic heterocycles. The van der Waals surface area contributed by atoms with E-state index in [2.05, 4.69) is 146 Å². The lowest BCUT2D eigenvalue weighted by Gasteiger charge is -2.23. The van der Waals surface area contributed by atoms with Crippen LogP contribution in [-0.2, 0) is 0 Å². The van der Waals surface area contributed by atoms with Gasteiger partial charge in [-0.25, -0.2) is 0 Å². The van der Waals surface area contributed by atoms with Crippen molar-refractivity contribution in [3.05, 3.63) is 145 Å². The number of benzene rings is 9. The Morgan fingerprint density at radius 2 is 0.889 bits per heavy atom. The van der Waals surface area contributed by atoms with Gasteiger partial charge in [0.25, 0.3) is 0 Å². The quantitative estimate of drug-likeness (QED) is 0.136. The highest BCUT2D eigenvalue weighted by molar-refractivity contribution is 7.36. The van der Waals surface area contributed by atoms with Gasteiger partial charge in [-0.3, -0.25) is 0 Å². The van der Waals surface area contributed by atoms with Crippen molar-refractivity contribution in [2.24, 2.45) is 0 Å². The van der Waals surface area contributed by atoms with Crippen LogP contribution in [0.1, 0.15) is 5.56 Å². The summed E-state index contributed by atoms with van der Waals surface area (Å²) in [5.41, 5.74) is 6.45. The Kier molecular flexibility index (Phi) is 5.34. The lowest BCUT2D eigenvalue weighted by Crippen LogP contribution is -1.95. The summed E-state index contributed by atoms with van der Waals surface area (Å²) in [7, 11) is 0. The van der Waals surface area contributed by atoms with E-state index >= 15 is 0 Å². The van der Waals surface area contributed by atoms with Crippen LogP contribution >= 0.6 is 22.7 Å². The second-order valence-electron chi connectivity index (χ2n) is 12.1. The molecule has 10 aromatic rings. The first kappa shape index (κ1) is 25.3. The first-order valence-corrected chi connectivity index (χ1v) is 17.1. The number of aryl methyl sites for hydroxylation is 1. The molecule has 210 valence electrons. The molecule has 0 nitrogen and oxygen atoms in total. The molecule has 0 saturated carbocycles. The largest absolute Gasteiger partial charge is 0.133 e. The molecule has 45 heavy (non-hydrogen) atoms. The summed E-state index contributed by atoms with van der Waals surface area (Å²) in [4.78, 5) is 0. The molecule has 0 aliphatic carbocycles. The zero-order valence-corrected chi connectivity index (χ0v) is 26.2. The van der Waals surface area contributed by atoms with Gasteiger partial charge in [0, 0.05) is 18.8 Å². The van der Waals surface area contributed by atoms with Gasteiger partial charge in [-0.2, -0.15) is 0 Å². The normalized spacial score (nSPS) is 12.1. The third-order valence-corrected chi connectivity index (χ3v) is 12.0. The molecule has 0 spiro atoms. The van der Waals surface area contributed by atoms with Crippen LogP contribution in [0.2, 0.25) is 0 Å². The first-order valence-electron chi connectivity index (χ1n) is 15.4. The Morgan fingerprint density at radius 1 is 0.356 bits per heavy atom. The molecule has 0 unspecified atom stereocenters. The van der Waals surface area contributed by atoms with Crippen molar-refractivity contribution in [3.63, 3.8) is 0 Å². The predicted octanol–water partition coefficient (Wildman–Crippen LogP) is 13.5. The third kappa shape index (κ3) is 3.64. The third-order valence-electron chi connectivity index (χ3n) is 9.43. The summed E-state index contributed by atoms with van der Waals surface area (Å²) in [5.74, 6) is 0. The van der Waals surface area contributed by atoms with Gasteiger partial charge in [0.05, 0.1) is 0 Å². The summed E-state index contributed by atoms with van der Waals surface area (Å²) >= 11 is 3.80. The van der Waals surface area contributed by atoms with E-state index in [1.165, 1.54) is 100 Å². The molecule has 0 radical (unpaired) electrons. The Hall–Kier alpha value is -5.02. The van der Waals surface area contributed by atoms with E-state index in [1.54, 1.807) is 0 Å². The second kappa shape index (κ2) is 9.49. The lowest BCUT2D eigenvalue weighted by molar-refractivity contribution is 1.53. The molecule has 9 aromatic carbocycles. The van der Waals surface area contributed by atoms with Crippen molar-refractivity contribution in [3.8, 4) is 22.3 Å². The Morgan fingerprint density at radius 3 is 1.51 bits per heavy atom. The first-order chi connectivity index (χ1) is 22.2. The molecule has 0 aliphatic rings. The van der Waals surface area contributed by atoms with E-state index in [0.29, 0.717) is 0 Å². The van der Waals surface area contributed by atoms with Crippen molar-refractivity contribution in [1.82, 2.24) is 0 Å². The van der Waals surface area contributed by atoms with Crippen LogP contribution in [0.4, 0.5) is 0 Å². The topological polar surface area (TPSA) is 0 Å². The van der Waals surface area contributed by atoms with Gasteiger partial charge in [-0.05, 0) is 113 Å². The molecule has 0 bridgehead atoms. The second-order valence-corrected chi connectivity index (χ2v) is 14.3. The molecule has 0 atom stereocenters. The monoisotopic (exact) mass is 606 g/mol. The van der Waals surface area contributed by atoms with Crippen LogP contribution in [0, 0.1) is 6.92 Å². The Balaban J connectivity index is 1.58. The number of fused-ring (bicyclic) bond motifs is 6. The maximum atomic E-state index is 2.49. The van der Waals surface area contributed by atoms with Crippen molar-refractivity contribution in [2.45, 2.75) is 6.92 Å². The number of rotatable bonds is 2. The van der Waals surface area contributed by atoms with Gasteiger partial charge in [0.15, 0.2) is 0 Å². The minimum atomic E-state index is 1.26. The summed E-state index contributed by atoms with van der Waals surface area (Å²) < 4.78 is 5.32. The Bertz CT molecular complexity index is 2800. The Labute approximate surface area is 268 Å². The highest BCUT2D eigenvalue weighted by Crippen LogP contribution is 2.52. The summed E-state index contributed by atoms with van der Waals surface area (Å²) in [6.45, 7) is 2.24. The fraction of sp³-hybridized carbons (Fsp3) is 0.0233. The van der Waals surface area contributed by atoms with Crippen molar-refractivity contribution >= 4 is 95.3 Å². The van der Waals surface area contributed by atoms with Gasteiger partial charge < -0.3 is 0 Å². The standard InChI is InChI=1S/C43H26S2/c1-25-21-29-20-19-28-15-10-16-30-38(28)41(29)33(22-25)43-40(27-13-6-3-7-14-27)32-24-37-36(44-34-17-8-9-18-35(34)45-37)23-31(32)39(42(30)43)26-11-4-2-5-12-26/h2-24H,1H3. The van der Waals surface area contributed by atoms with E-state index in [0.717, 1.165) is 0 Å². The van der Waals surface area contributed by atoms with Gasteiger partial charge in [-0.1, -0.05) is 115 Å². The fourth-order valence-electron chi connectivity index (χ4n) is 7.65. The van der Waals surface area contributed by atoms with E-state index in [4.69, 9.17) is 0 Å². The van der Waals surface area contributed by atoms with E-state index < -0.39 is 0 Å². The van der Waals surface area contributed by atoms with Crippen molar-refractivity contribution < 1.29 is 0 Å². The average Bonchev–Trinajstić information content (AvgIpc) is 3.08. The smallest absolute Gasteiger partial charge is 0.0455 e. The summed E-state index contributed by atoms with van der Waals surface area (Å²) in [6.07, 6.45) is 0. The van der Waals surface area contributed by atoms with Crippen LogP contribution in [0.5, 0.6) is 0 Å². The lowest BCUT2D eigenvalue weighted by atomic mass is 9.80. The molecule has 2 heteroatoms. The minimum Gasteiger partial charge on any atom is -0.133 e. The van der Waals surface area contributed by atoms with Crippen LogP contribution < -0.4 is 0 Å². The van der Waals surface area contributed by atoms with E-state index in [9.17, 15) is 0 Å².